The molecule has 0 unspecified atom stereocenters. The van der Waals surface area contributed by atoms with Crippen molar-refractivity contribution in [3.8, 4) is 16.5 Å². The lowest BCUT2D eigenvalue weighted by Gasteiger charge is -1.98. The Kier molecular flexibility index (Phi) is 3.18. The van der Waals surface area contributed by atoms with Crippen molar-refractivity contribution >= 4 is 28.8 Å². The molecule has 0 bridgehead atoms. The molecule has 0 aliphatic heterocycles. The molecule has 16 heavy (non-hydrogen) atoms. The Morgan fingerprint density at radius 3 is 2.50 bits per heavy atom. The van der Waals surface area contributed by atoms with E-state index in [-0.39, 0.29) is 0 Å². The van der Waals surface area contributed by atoms with Crippen molar-refractivity contribution < 1.29 is 0 Å². The Morgan fingerprint density at radius 2 is 2.00 bits per heavy atom. The van der Waals surface area contributed by atoms with Crippen molar-refractivity contribution in [2.24, 2.45) is 0 Å². The molecule has 2 nitrogen and oxygen atoms in total. The first kappa shape index (κ1) is 11.1. The smallest absolute Gasteiger partial charge is 0.128 e. The van der Waals surface area contributed by atoms with Gasteiger partial charge in [-0.25, -0.2) is 0 Å². The van der Waals surface area contributed by atoms with Crippen LogP contribution in [0.5, 0.6) is 0 Å². The number of nitriles is 1. The van der Waals surface area contributed by atoms with Crippen LogP contribution < -0.4 is 5.73 Å². The van der Waals surface area contributed by atoms with Gasteiger partial charge in [-0.05, 0) is 30.0 Å². The molecule has 0 atom stereocenters. The molecule has 0 amide bonds. The monoisotopic (exact) mass is 246 g/mol. The summed E-state index contributed by atoms with van der Waals surface area (Å²) in [5, 5.41) is 8.84. The van der Waals surface area contributed by atoms with Crippen molar-refractivity contribution in [3.63, 3.8) is 0 Å². The van der Waals surface area contributed by atoms with Crippen molar-refractivity contribution in [2.45, 2.75) is 4.90 Å². The summed E-state index contributed by atoms with van der Waals surface area (Å²) in [6, 6.07) is 12.2. The van der Waals surface area contributed by atoms with E-state index in [4.69, 9.17) is 11.0 Å². The molecule has 0 saturated carbocycles. The molecule has 2 rings (SSSR count). The predicted octanol–water partition coefficient (Wildman–Crippen LogP) is 3.59. The molecule has 1 heterocycles. The number of thiophene rings is 1. The summed E-state index contributed by atoms with van der Waals surface area (Å²) in [6.07, 6.45) is 2.05. The highest BCUT2D eigenvalue weighted by Gasteiger charge is 2.07. The van der Waals surface area contributed by atoms with Crippen LogP contribution in [0.25, 0.3) is 10.4 Å². The van der Waals surface area contributed by atoms with Crippen LogP contribution in [0.3, 0.4) is 0 Å². The molecule has 1 aromatic carbocycles. The number of anilines is 1. The topological polar surface area (TPSA) is 49.8 Å². The number of nitrogen functional groups attached to an aromatic ring is 1. The second kappa shape index (κ2) is 4.60. The number of thioether (sulfide) groups is 1. The standard InChI is InChI=1S/C12H10N2S2/c1-15-9-4-2-8(3-5-9)11-6-10(14)12(7-13)16-11/h2-6H,14H2,1H3. The van der Waals surface area contributed by atoms with E-state index in [2.05, 4.69) is 30.3 Å². The average molecular weight is 246 g/mol. The lowest BCUT2D eigenvalue weighted by molar-refractivity contribution is 1.47. The van der Waals surface area contributed by atoms with Gasteiger partial charge in [-0.2, -0.15) is 5.26 Å². The third-order valence-corrected chi connectivity index (χ3v) is 4.09. The van der Waals surface area contributed by atoms with Gasteiger partial charge in [-0.3, -0.25) is 0 Å². The minimum atomic E-state index is 0.566. The van der Waals surface area contributed by atoms with Crippen LogP contribution in [0.4, 0.5) is 5.69 Å². The highest BCUT2D eigenvalue weighted by atomic mass is 32.2. The zero-order chi connectivity index (χ0) is 11.5. The van der Waals surface area contributed by atoms with Crippen LogP contribution in [0.2, 0.25) is 0 Å². The average Bonchev–Trinajstić information content (AvgIpc) is 2.71. The Hall–Kier alpha value is -1.44. The van der Waals surface area contributed by atoms with Gasteiger partial charge in [-0.15, -0.1) is 23.1 Å². The second-order valence-electron chi connectivity index (χ2n) is 3.24. The molecule has 0 aliphatic carbocycles. The first-order valence-corrected chi connectivity index (χ1v) is 6.72. The molecule has 2 N–H and O–H groups in total. The summed E-state index contributed by atoms with van der Waals surface area (Å²) in [6.45, 7) is 0. The number of nitrogens with zero attached hydrogens (tertiary/aromatic N) is 1. The van der Waals surface area contributed by atoms with E-state index in [0.717, 1.165) is 10.4 Å². The highest BCUT2D eigenvalue weighted by Crippen LogP contribution is 2.33. The molecule has 4 heteroatoms. The van der Waals surface area contributed by atoms with E-state index < -0.39 is 0 Å². The first-order valence-electron chi connectivity index (χ1n) is 4.68. The zero-order valence-electron chi connectivity index (χ0n) is 8.73. The molecule has 2 aromatic rings. The maximum absolute atomic E-state index is 8.84. The summed E-state index contributed by atoms with van der Waals surface area (Å²) in [7, 11) is 0. The number of rotatable bonds is 2. The van der Waals surface area contributed by atoms with E-state index in [1.54, 1.807) is 11.8 Å². The normalized spacial score (nSPS) is 10.0. The lowest BCUT2D eigenvalue weighted by atomic mass is 10.2. The maximum Gasteiger partial charge on any atom is 0.128 e. The summed E-state index contributed by atoms with van der Waals surface area (Å²) in [5.41, 5.74) is 7.40. The van der Waals surface area contributed by atoms with E-state index >= 15 is 0 Å². The van der Waals surface area contributed by atoms with E-state index in [9.17, 15) is 0 Å². The first-order chi connectivity index (χ1) is 7.74. The van der Waals surface area contributed by atoms with Crippen LogP contribution in [-0.4, -0.2) is 6.26 Å². The molecule has 0 fully saturated rings. The van der Waals surface area contributed by atoms with Crippen LogP contribution in [0.15, 0.2) is 35.2 Å². The molecule has 0 aliphatic rings. The lowest BCUT2D eigenvalue weighted by Crippen LogP contribution is -1.81. The fraction of sp³-hybridized carbons (Fsp3) is 0.0833. The molecule has 0 radical (unpaired) electrons. The Morgan fingerprint density at radius 1 is 1.31 bits per heavy atom. The fourth-order valence-corrected chi connectivity index (χ4v) is 2.68. The van der Waals surface area contributed by atoms with Gasteiger partial charge in [0.2, 0.25) is 0 Å². The highest BCUT2D eigenvalue weighted by molar-refractivity contribution is 7.98. The predicted molar refractivity (Wildman–Crippen MR) is 70.7 cm³/mol. The van der Waals surface area contributed by atoms with Gasteiger partial charge in [0, 0.05) is 9.77 Å². The number of hydrogen-bond donors (Lipinski definition) is 1. The summed E-state index contributed by atoms with van der Waals surface area (Å²) < 4.78 is 0. The largest absolute Gasteiger partial charge is 0.397 e. The van der Waals surface area contributed by atoms with Gasteiger partial charge in [0.1, 0.15) is 10.9 Å². The second-order valence-corrected chi connectivity index (χ2v) is 5.17. The maximum atomic E-state index is 8.84. The number of hydrogen-bond acceptors (Lipinski definition) is 4. The minimum absolute atomic E-state index is 0.566. The summed E-state index contributed by atoms with van der Waals surface area (Å²) in [4.78, 5) is 2.86. The van der Waals surface area contributed by atoms with Gasteiger partial charge in [-0.1, -0.05) is 12.1 Å². The zero-order valence-corrected chi connectivity index (χ0v) is 10.4. The molecular formula is C12H10N2S2. The Labute approximate surface area is 103 Å². The van der Waals surface area contributed by atoms with Crippen LogP contribution >= 0.6 is 23.1 Å². The molecule has 0 spiro atoms. The third-order valence-electron chi connectivity index (χ3n) is 2.24. The van der Waals surface area contributed by atoms with Gasteiger partial charge in [0.05, 0.1) is 5.69 Å². The van der Waals surface area contributed by atoms with Gasteiger partial charge < -0.3 is 5.73 Å². The van der Waals surface area contributed by atoms with Gasteiger partial charge in [0.15, 0.2) is 0 Å². The van der Waals surface area contributed by atoms with Crippen LogP contribution in [0, 0.1) is 11.3 Å². The van der Waals surface area contributed by atoms with Crippen molar-refractivity contribution in [3.05, 3.63) is 35.2 Å². The van der Waals surface area contributed by atoms with Crippen molar-refractivity contribution in [1.29, 1.82) is 5.26 Å². The van der Waals surface area contributed by atoms with Crippen LogP contribution in [-0.2, 0) is 0 Å². The van der Waals surface area contributed by atoms with Gasteiger partial charge >= 0.3 is 0 Å². The van der Waals surface area contributed by atoms with E-state index in [1.807, 2.05) is 12.3 Å². The Balaban J connectivity index is 2.39. The minimum Gasteiger partial charge on any atom is -0.397 e. The molecule has 0 saturated heterocycles. The fourth-order valence-electron chi connectivity index (χ4n) is 1.39. The quantitative estimate of drug-likeness (QED) is 0.824. The van der Waals surface area contributed by atoms with Crippen molar-refractivity contribution in [1.82, 2.24) is 0 Å². The summed E-state index contributed by atoms with van der Waals surface area (Å²) in [5.74, 6) is 0. The molecule has 1 aromatic heterocycles. The third kappa shape index (κ3) is 2.06. The molecule has 80 valence electrons. The van der Waals surface area contributed by atoms with E-state index in [0.29, 0.717) is 10.6 Å². The van der Waals surface area contributed by atoms with E-state index in [1.165, 1.54) is 16.2 Å². The SMILES string of the molecule is CSc1ccc(-c2cc(N)c(C#N)s2)cc1. The summed E-state index contributed by atoms with van der Waals surface area (Å²) >= 11 is 3.15. The molecular weight excluding hydrogens is 236 g/mol. The van der Waals surface area contributed by atoms with Crippen LogP contribution in [0.1, 0.15) is 4.88 Å². The van der Waals surface area contributed by atoms with Crippen molar-refractivity contribution in [2.75, 3.05) is 12.0 Å². The van der Waals surface area contributed by atoms with Gasteiger partial charge in [0.25, 0.3) is 0 Å². The Bertz CT molecular complexity index is 535. The number of nitrogens with two attached hydrogens (primary N) is 1. The number of benzene rings is 1.